The van der Waals surface area contributed by atoms with Crippen molar-refractivity contribution >= 4 is 11.8 Å². The molecule has 2 aromatic rings. The Kier molecular flexibility index (Phi) is 3.75. The molecule has 3 atom stereocenters. The normalized spacial score (nSPS) is 29.1. The molecule has 27 heavy (non-hydrogen) atoms. The van der Waals surface area contributed by atoms with Gasteiger partial charge in [-0.05, 0) is 17.2 Å². The van der Waals surface area contributed by atoms with E-state index in [2.05, 4.69) is 4.98 Å². The van der Waals surface area contributed by atoms with Crippen LogP contribution in [-0.4, -0.2) is 51.5 Å². The number of rotatable bonds is 3. The summed E-state index contributed by atoms with van der Waals surface area (Å²) in [6.07, 6.45) is 4.60. The van der Waals surface area contributed by atoms with Crippen molar-refractivity contribution in [2.75, 3.05) is 13.1 Å². The van der Waals surface area contributed by atoms with Crippen LogP contribution < -0.4 is 0 Å². The van der Waals surface area contributed by atoms with Crippen molar-refractivity contribution in [3.8, 4) is 0 Å². The molecule has 1 aromatic carbocycles. The summed E-state index contributed by atoms with van der Waals surface area (Å²) in [5.41, 5.74) is 1.30. The molecule has 5 rings (SSSR count). The lowest BCUT2D eigenvalue weighted by Crippen LogP contribution is -2.49. The first kappa shape index (κ1) is 16.4. The van der Waals surface area contributed by atoms with Crippen molar-refractivity contribution in [3.05, 3.63) is 66.0 Å². The third-order valence-electron chi connectivity index (χ3n) is 6.00. The Hall–Kier alpha value is -2.73. The van der Waals surface area contributed by atoms with Crippen LogP contribution in [0.4, 0.5) is 0 Å². The summed E-state index contributed by atoms with van der Waals surface area (Å²) < 4.78 is 6.48. The van der Waals surface area contributed by atoms with Gasteiger partial charge in [-0.3, -0.25) is 14.6 Å². The Morgan fingerprint density at radius 1 is 1.22 bits per heavy atom. The number of nitrogens with zero attached hydrogens (tertiary/aromatic N) is 3. The molecule has 3 fully saturated rings. The highest BCUT2D eigenvalue weighted by atomic mass is 16.5. The predicted molar refractivity (Wildman–Crippen MR) is 97.4 cm³/mol. The molecular formula is C21H21N3O3. The van der Waals surface area contributed by atoms with Gasteiger partial charge in [-0.2, -0.15) is 0 Å². The van der Waals surface area contributed by atoms with Crippen LogP contribution in [0.3, 0.4) is 0 Å². The molecule has 1 spiro atoms. The van der Waals surface area contributed by atoms with Crippen LogP contribution in [0.2, 0.25) is 0 Å². The van der Waals surface area contributed by atoms with Gasteiger partial charge in [0.1, 0.15) is 6.10 Å². The van der Waals surface area contributed by atoms with Gasteiger partial charge in [-0.15, -0.1) is 0 Å². The highest BCUT2D eigenvalue weighted by Crippen LogP contribution is 2.50. The summed E-state index contributed by atoms with van der Waals surface area (Å²) in [6, 6.07) is 13.5. The van der Waals surface area contributed by atoms with Gasteiger partial charge >= 0.3 is 0 Å². The Morgan fingerprint density at radius 2 is 2.07 bits per heavy atom. The molecule has 6 nitrogen and oxygen atoms in total. The standard InChI is InChI=1S/C21H21N3O3/c25-19(11-15-5-4-9-22-13-15)23-10-8-21-18(23)12-20(26)24(21)14-17(27-21)16-6-2-1-3-7-16/h1-7,9,13,17-18H,8,10-12,14H2/t17-,18-,21+/m1/s1. The van der Waals surface area contributed by atoms with Crippen LogP contribution in [-0.2, 0) is 20.7 Å². The molecular weight excluding hydrogens is 342 g/mol. The van der Waals surface area contributed by atoms with Crippen molar-refractivity contribution in [1.29, 1.82) is 0 Å². The lowest BCUT2D eigenvalue weighted by atomic mass is 10.1. The molecule has 0 N–H and O–H groups in total. The van der Waals surface area contributed by atoms with Gasteiger partial charge in [0.05, 0.1) is 25.4 Å². The molecule has 4 heterocycles. The van der Waals surface area contributed by atoms with E-state index < -0.39 is 5.72 Å². The number of likely N-dealkylation sites (tertiary alicyclic amines) is 1. The smallest absolute Gasteiger partial charge is 0.227 e. The van der Waals surface area contributed by atoms with Gasteiger partial charge in [-0.1, -0.05) is 36.4 Å². The molecule has 6 heteroatoms. The van der Waals surface area contributed by atoms with Gasteiger partial charge in [0.15, 0.2) is 5.72 Å². The van der Waals surface area contributed by atoms with Crippen LogP contribution in [0.1, 0.15) is 30.1 Å². The molecule has 1 aromatic heterocycles. The fraction of sp³-hybridized carbons (Fsp3) is 0.381. The summed E-state index contributed by atoms with van der Waals surface area (Å²) >= 11 is 0. The van der Waals surface area contributed by atoms with Crippen molar-refractivity contribution in [3.63, 3.8) is 0 Å². The lowest BCUT2D eigenvalue weighted by molar-refractivity contribution is -0.142. The van der Waals surface area contributed by atoms with E-state index in [1.54, 1.807) is 12.4 Å². The zero-order chi connectivity index (χ0) is 18.4. The van der Waals surface area contributed by atoms with Gasteiger partial charge in [0, 0.05) is 25.4 Å². The first-order valence-corrected chi connectivity index (χ1v) is 9.39. The maximum absolute atomic E-state index is 12.9. The van der Waals surface area contributed by atoms with Crippen molar-refractivity contribution in [1.82, 2.24) is 14.8 Å². The van der Waals surface area contributed by atoms with Gasteiger partial charge in [0.2, 0.25) is 11.8 Å². The lowest BCUT2D eigenvalue weighted by Gasteiger charge is -2.32. The van der Waals surface area contributed by atoms with Crippen LogP contribution in [0, 0.1) is 0 Å². The predicted octanol–water partition coefficient (Wildman–Crippen LogP) is 1.93. The highest BCUT2D eigenvalue weighted by molar-refractivity contribution is 5.85. The molecule has 0 bridgehead atoms. The Balaban J connectivity index is 1.38. The fourth-order valence-electron chi connectivity index (χ4n) is 4.74. The van der Waals surface area contributed by atoms with E-state index in [1.165, 1.54) is 0 Å². The number of hydrogen-bond acceptors (Lipinski definition) is 4. The molecule has 0 unspecified atom stereocenters. The molecule has 138 valence electrons. The number of hydrogen-bond donors (Lipinski definition) is 0. The SMILES string of the molecule is O=C(Cc1cccnc1)N1CC[C@@]23O[C@@H](c4ccccc4)CN2C(=O)C[C@@H]13. The van der Waals surface area contributed by atoms with E-state index in [0.717, 1.165) is 11.1 Å². The van der Waals surface area contributed by atoms with E-state index in [4.69, 9.17) is 4.74 Å². The number of carbonyl (C=O) groups excluding carboxylic acids is 2. The second-order valence-corrected chi connectivity index (χ2v) is 7.46. The summed E-state index contributed by atoms with van der Waals surface area (Å²) in [5, 5.41) is 0. The second-order valence-electron chi connectivity index (χ2n) is 7.46. The van der Waals surface area contributed by atoms with E-state index in [-0.39, 0.29) is 24.0 Å². The molecule has 0 saturated carbocycles. The average Bonchev–Trinajstić information content (AvgIpc) is 3.32. The van der Waals surface area contributed by atoms with Crippen LogP contribution in [0.15, 0.2) is 54.9 Å². The third kappa shape index (κ3) is 2.55. The largest absolute Gasteiger partial charge is 0.343 e. The molecule has 3 aliphatic rings. The number of ether oxygens (including phenoxy) is 1. The van der Waals surface area contributed by atoms with Crippen molar-refractivity contribution in [2.45, 2.75) is 37.1 Å². The first-order valence-electron chi connectivity index (χ1n) is 9.39. The number of aromatic nitrogens is 1. The Labute approximate surface area is 157 Å². The van der Waals surface area contributed by atoms with Crippen LogP contribution in [0.5, 0.6) is 0 Å². The zero-order valence-electron chi connectivity index (χ0n) is 15.0. The number of amides is 2. The van der Waals surface area contributed by atoms with Gasteiger partial charge in [0.25, 0.3) is 0 Å². The molecule has 3 aliphatic heterocycles. The minimum absolute atomic E-state index is 0.0336. The van der Waals surface area contributed by atoms with Crippen molar-refractivity contribution in [2.24, 2.45) is 0 Å². The van der Waals surface area contributed by atoms with E-state index >= 15 is 0 Å². The monoisotopic (exact) mass is 363 g/mol. The summed E-state index contributed by atoms with van der Waals surface area (Å²) in [4.78, 5) is 33.4. The minimum atomic E-state index is -0.664. The molecule has 3 saturated heterocycles. The topological polar surface area (TPSA) is 62.7 Å². The summed E-state index contributed by atoms with van der Waals surface area (Å²) in [7, 11) is 0. The number of carbonyl (C=O) groups is 2. The quantitative estimate of drug-likeness (QED) is 0.836. The van der Waals surface area contributed by atoms with Crippen LogP contribution in [0.25, 0.3) is 0 Å². The number of benzene rings is 1. The molecule has 0 aliphatic carbocycles. The molecule has 0 radical (unpaired) electrons. The number of pyridine rings is 1. The van der Waals surface area contributed by atoms with E-state index in [0.29, 0.717) is 32.4 Å². The Morgan fingerprint density at radius 3 is 2.85 bits per heavy atom. The minimum Gasteiger partial charge on any atom is -0.343 e. The highest BCUT2D eigenvalue weighted by Gasteiger charge is 2.64. The zero-order valence-corrected chi connectivity index (χ0v) is 15.0. The van der Waals surface area contributed by atoms with Gasteiger partial charge in [-0.25, -0.2) is 0 Å². The van der Waals surface area contributed by atoms with E-state index in [9.17, 15) is 9.59 Å². The maximum Gasteiger partial charge on any atom is 0.227 e. The first-order chi connectivity index (χ1) is 13.2. The maximum atomic E-state index is 12.9. The van der Waals surface area contributed by atoms with Gasteiger partial charge < -0.3 is 14.5 Å². The molecule has 2 amide bonds. The van der Waals surface area contributed by atoms with Crippen molar-refractivity contribution < 1.29 is 14.3 Å². The fourth-order valence-corrected chi connectivity index (χ4v) is 4.74. The second kappa shape index (κ2) is 6.16. The Bertz CT molecular complexity index is 873. The van der Waals surface area contributed by atoms with E-state index in [1.807, 2.05) is 52.3 Å². The summed E-state index contributed by atoms with van der Waals surface area (Å²) in [5.74, 6) is 0.114. The summed E-state index contributed by atoms with van der Waals surface area (Å²) in [6.45, 7) is 1.18. The average molecular weight is 363 g/mol. The third-order valence-corrected chi connectivity index (χ3v) is 6.00. The van der Waals surface area contributed by atoms with Crippen LogP contribution >= 0.6 is 0 Å².